The van der Waals surface area contributed by atoms with Gasteiger partial charge in [-0.15, -0.1) is 0 Å². The van der Waals surface area contributed by atoms with E-state index in [0.717, 1.165) is 18.6 Å². The third-order valence-corrected chi connectivity index (χ3v) is 2.75. The maximum Gasteiger partial charge on any atom is 0.118 e. The van der Waals surface area contributed by atoms with E-state index in [1.807, 2.05) is 12.1 Å². The van der Waals surface area contributed by atoms with Gasteiger partial charge in [-0.25, -0.2) is 0 Å². The van der Waals surface area contributed by atoms with Crippen LogP contribution in [-0.2, 0) is 6.42 Å². The predicted molar refractivity (Wildman–Crippen MR) is 66.7 cm³/mol. The van der Waals surface area contributed by atoms with Crippen LogP contribution in [0.1, 0.15) is 25.8 Å². The summed E-state index contributed by atoms with van der Waals surface area (Å²) in [6.45, 7) is 4.65. The van der Waals surface area contributed by atoms with Gasteiger partial charge < -0.3 is 9.84 Å². The molecule has 0 fully saturated rings. The molecule has 0 aliphatic carbocycles. The molecular weight excluding hydrogens is 200 g/mol. The van der Waals surface area contributed by atoms with Gasteiger partial charge in [-0.2, -0.15) is 0 Å². The molecule has 0 saturated heterocycles. The van der Waals surface area contributed by atoms with E-state index >= 15 is 0 Å². The van der Waals surface area contributed by atoms with Crippen LogP contribution >= 0.6 is 0 Å². The maximum absolute atomic E-state index is 9.31. The molecule has 2 heteroatoms. The Bertz CT molecular complexity index is 290. The van der Waals surface area contributed by atoms with Crippen molar-refractivity contribution in [1.82, 2.24) is 0 Å². The number of aliphatic hydroxyl groups is 1. The molecule has 1 N–H and O–H groups in total. The zero-order valence-corrected chi connectivity index (χ0v) is 10.4. The fourth-order valence-corrected chi connectivity index (χ4v) is 1.98. The Hall–Kier alpha value is -1.02. The smallest absolute Gasteiger partial charge is 0.118 e. The van der Waals surface area contributed by atoms with Gasteiger partial charge in [-0.1, -0.05) is 26.0 Å². The minimum absolute atomic E-state index is 0.268. The molecule has 0 bridgehead atoms. The van der Waals surface area contributed by atoms with Gasteiger partial charge in [0, 0.05) is 6.61 Å². The third kappa shape index (κ3) is 4.23. The number of ether oxygens (including phenoxy) is 1. The van der Waals surface area contributed by atoms with Crippen molar-refractivity contribution in [2.45, 2.75) is 26.7 Å². The first-order valence-corrected chi connectivity index (χ1v) is 5.89. The molecule has 1 aromatic rings. The molecule has 0 spiro atoms. The van der Waals surface area contributed by atoms with Crippen molar-refractivity contribution in [1.29, 1.82) is 0 Å². The van der Waals surface area contributed by atoms with Crippen molar-refractivity contribution < 1.29 is 9.84 Å². The summed E-state index contributed by atoms with van der Waals surface area (Å²) < 4.78 is 5.12. The van der Waals surface area contributed by atoms with Gasteiger partial charge in [0.1, 0.15) is 5.75 Å². The molecule has 0 amide bonds. The molecule has 90 valence electrons. The standard InChI is InChI=1S/C14H22O2/c1-11(2)8-13(10-15)9-12-4-6-14(16-3)7-5-12/h4-7,11,13,15H,8-10H2,1-3H3. The highest BCUT2D eigenvalue weighted by atomic mass is 16.5. The van der Waals surface area contributed by atoms with Crippen LogP contribution in [0.15, 0.2) is 24.3 Å². The fraction of sp³-hybridized carbons (Fsp3) is 0.571. The minimum Gasteiger partial charge on any atom is -0.497 e. The lowest BCUT2D eigenvalue weighted by Crippen LogP contribution is -2.12. The van der Waals surface area contributed by atoms with Gasteiger partial charge in [0.2, 0.25) is 0 Å². The van der Waals surface area contributed by atoms with Crippen molar-refractivity contribution in [2.24, 2.45) is 11.8 Å². The van der Waals surface area contributed by atoms with E-state index in [-0.39, 0.29) is 6.61 Å². The van der Waals surface area contributed by atoms with Gasteiger partial charge in [0.25, 0.3) is 0 Å². The Morgan fingerprint density at radius 1 is 1.19 bits per heavy atom. The third-order valence-electron chi connectivity index (χ3n) is 2.75. The number of rotatable bonds is 6. The van der Waals surface area contributed by atoms with Crippen LogP contribution in [0, 0.1) is 11.8 Å². The van der Waals surface area contributed by atoms with E-state index < -0.39 is 0 Å². The van der Waals surface area contributed by atoms with E-state index in [1.165, 1.54) is 5.56 Å². The summed E-state index contributed by atoms with van der Waals surface area (Å²) in [5.41, 5.74) is 1.26. The number of benzene rings is 1. The fourth-order valence-electron chi connectivity index (χ4n) is 1.98. The Labute approximate surface area is 98.3 Å². The predicted octanol–water partition coefficient (Wildman–Crippen LogP) is 2.89. The molecule has 0 aliphatic rings. The molecule has 2 nitrogen and oxygen atoms in total. The average molecular weight is 222 g/mol. The summed E-state index contributed by atoms with van der Waals surface area (Å²) in [5.74, 6) is 1.89. The normalized spacial score (nSPS) is 12.8. The highest BCUT2D eigenvalue weighted by Crippen LogP contribution is 2.19. The van der Waals surface area contributed by atoms with Gasteiger partial charge >= 0.3 is 0 Å². The van der Waals surface area contributed by atoms with Crippen LogP contribution in [-0.4, -0.2) is 18.8 Å². The molecule has 1 atom stereocenters. The average Bonchev–Trinajstić information content (AvgIpc) is 2.28. The van der Waals surface area contributed by atoms with Crippen LogP contribution < -0.4 is 4.74 Å². The number of methoxy groups -OCH3 is 1. The van der Waals surface area contributed by atoms with Crippen LogP contribution in [0.25, 0.3) is 0 Å². The molecule has 1 rings (SSSR count). The Balaban J connectivity index is 2.56. The number of hydrogen-bond donors (Lipinski definition) is 1. The van der Waals surface area contributed by atoms with Crippen LogP contribution in [0.3, 0.4) is 0 Å². The molecule has 0 aromatic heterocycles. The largest absolute Gasteiger partial charge is 0.497 e. The Morgan fingerprint density at radius 3 is 2.25 bits per heavy atom. The zero-order chi connectivity index (χ0) is 12.0. The maximum atomic E-state index is 9.31. The first kappa shape index (κ1) is 13.0. The molecule has 0 aliphatic heterocycles. The summed E-state index contributed by atoms with van der Waals surface area (Å²) in [5, 5.41) is 9.31. The zero-order valence-electron chi connectivity index (χ0n) is 10.4. The SMILES string of the molecule is COc1ccc(CC(CO)CC(C)C)cc1. The number of aliphatic hydroxyl groups excluding tert-OH is 1. The lowest BCUT2D eigenvalue weighted by Gasteiger charge is -2.16. The van der Waals surface area contributed by atoms with E-state index in [0.29, 0.717) is 11.8 Å². The van der Waals surface area contributed by atoms with E-state index in [2.05, 4.69) is 26.0 Å². The monoisotopic (exact) mass is 222 g/mol. The highest BCUT2D eigenvalue weighted by molar-refractivity contribution is 5.27. The molecule has 0 saturated carbocycles. The number of hydrogen-bond acceptors (Lipinski definition) is 2. The van der Waals surface area contributed by atoms with Gasteiger partial charge in [-0.05, 0) is 42.4 Å². The highest BCUT2D eigenvalue weighted by Gasteiger charge is 2.10. The van der Waals surface area contributed by atoms with Crippen molar-refractivity contribution in [3.63, 3.8) is 0 Å². The molecule has 0 radical (unpaired) electrons. The topological polar surface area (TPSA) is 29.5 Å². The first-order valence-electron chi connectivity index (χ1n) is 5.89. The summed E-state index contributed by atoms with van der Waals surface area (Å²) in [7, 11) is 1.67. The van der Waals surface area contributed by atoms with Gasteiger partial charge in [-0.3, -0.25) is 0 Å². The lowest BCUT2D eigenvalue weighted by molar-refractivity contribution is 0.205. The Kier molecular flexibility index (Phi) is 5.33. The summed E-state index contributed by atoms with van der Waals surface area (Å²) in [4.78, 5) is 0. The van der Waals surface area contributed by atoms with Crippen LogP contribution in [0.2, 0.25) is 0 Å². The summed E-state index contributed by atoms with van der Waals surface area (Å²) >= 11 is 0. The van der Waals surface area contributed by atoms with Gasteiger partial charge in [0.15, 0.2) is 0 Å². The summed E-state index contributed by atoms with van der Waals surface area (Å²) in [6, 6.07) is 8.09. The Morgan fingerprint density at radius 2 is 1.81 bits per heavy atom. The quantitative estimate of drug-likeness (QED) is 0.802. The second kappa shape index (κ2) is 6.54. The minimum atomic E-state index is 0.268. The molecule has 1 aromatic carbocycles. The molecular formula is C14H22O2. The van der Waals surface area contributed by atoms with Gasteiger partial charge in [0.05, 0.1) is 7.11 Å². The van der Waals surface area contributed by atoms with Crippen molar-refractivity contribution in [3.8, 4) is 5.75 Å². The molecule has 1 unspecified atom stereocenters. The van der Waals surface area contributed by atoms with Crippen LogP contribution in [0.5, 0.6) is 5.75 Å². The van der Waals surface area contributed by atoms with Crippen molar-refractivity contribution in [3.05, 3.63) is 29.8 Å². The molecule has 16 heavy (non-hydrogen) atoms. The van der Waals surface area contributed by atoms with E-state index in [9.17, 15) is 5.11 Å². The second-order valence-electron chi connectivity index (χ2n) is 4.73. The lowest BCUT2D eigenvalue weighted by atomic mass is 9.92. The first-order chi connectivity index (χ1) is 7.65. The van der Waals surface area contributed by atoms with E-state index in [4.69, 9.17) is 4.74 Å². The van der Waals surface area contributed by atoms with Crippen molar-refractivity contribution >= 4 is 0 Å². The molecule has 0 heterocycles. The van der Waals surface area contributed by atoms with Crippen LogP contribution in [0.4, 0.5) is 0 Å². The second-order valence-corrected chi connectivity index (χ2v) is 4.73. The van der Waals surface area contributed by atoms with Crippen molar-refractivity contribution in [2.75, 3.05) is 13.7 Å². The van der Waals surface area contributed by atoms with E-state index in [1.54, 1.807) is 7.11 Å². The summed E-state index contributed by atoms with van der Waals surface area (Å²) in [6.07, 6.45) is 2.02.